The maximum absolute atomic E-state index is 5.89. The van der Waals surface area contributed by atoms with Crippen molar-refractivity contribution in [1.82, 2.24) is 0 Å². The van der Waals surface area contributed by atoms with Crippen LogP contribution in [-0.4, -0.2) is 0 Å². The average Bonchev–Trinajstić information content (AvgIpc) is 2.48. The quantitative estimate of drug-likeness (QED) is 0.675. The summed E-state index contributed by atoms with van der Waals surface area (Å²) in [4.78, 5) is 0. The third-order valence-corrected chi connectivity index (χ3v) is 3.72. The summed E-state index contributed by atoms with van der Waals surface area (Å²) in [6, 6.07) is 12.3. The molecule has 2 heteroatoms. The molecule has 0 radical (unpaired) electrons. The van der Waals surface area contributed by atoms with Crippen LogP contribution in [0, 0.1) is 0 Å². The van der Waals surface area contributed by atoms with Crippen LogP contribution in [0.2, 0.25) is 0 Å². The SMILES string of the molecule is CC1(C)c2ccc(N)cc2-c2ccc(N)cc21. The Morgan fingerprint density at radius 2 is 1.41 bits per heavy atom. The van der Waals surface area contributed by atoms with Gasteiger partial charge in [0, 0.05) is 16.8 Å². The smallest absolute Gasteiger partial charge is 0.0320 e. The number of benzene rings is 2. The van der Waals surface area contributed by atoms with Crippen LogP contribution in [0.4, 0.5) is 11.4 Å². The van der Waals surface area contributed by atoms with E-state index in [9.17, 15) is 0 Å². The first kappa shape index (κ1) is 10.2. The van der Waals surface area contributed by atoms with Crippen molar-refractivity contribution in [2.45, 2.75) is 19.3 Å². The summed E-state index contributed by atoms with van der Waals surface area (Å²) in [5.41, 5.74) is 18.5. The highest BCUT2D eigenvalue weighted by Crippen LogP contribution is 2.49. The topological polar surface area (TPSA) is 52.0 Å². The molecule has 2 aromatic carbocycles. The second kappa shape index (κ2) is 3.04. The number of rotatable bonds is 0. The minimum atomic E-state index is 0.00769. The maximum atomic E-state index is 5.89. The monoisotopic (exact) mass is 224 g/mol. The van der Waals surface area contributed by atoms with E-state index in [4.69, 9.17) is 11.5 Å². The molecule has 0 aromatic heterocycles. The standard InChI is InChI=1S/C15H16N2/c1-15(2)13-6-4-9(16)7-12(13)11-5-3-10(17)8-14(11)15/h3-8H,16-17H2,1-2H3. The van der Waals surface area contributed by atoms with E-state index in [1.807, 2.05) is 12.1 Å². The first-order chi connectivity index (χ1) is 8.00. The molecule has 0 saturated carbocycles. The molecule has 86 valence electrons. The van der Waals surface area contributed by atoms with Gasteiger partial charge in [-0.3, -0.25) is 0 Å². The summed E-state index contributed by atoms with van der Waals surface area (Å²) in [7, 11) is 0. The molecule has 1 aliphatic carbocycles. The number of nitrogen functional groups attached to an aromatic ring is 2. The van der Waals surface area contributed by atoms with Gasteiger partial charge < -0.3 is 11.5 Å². The zero-order chi connectivity index (χ0) is 12.2. The summed E-state index contributed by atoms with van der Waals surface area (Å²) >= 11 is 0. The lowest BCUT2D eigenvalue weighted by atomic mass is 9.82. The van der Waals surface area contributed by atoms with Crippen molar-refractivity contribution in [3.63, 3.8) is 0 Å². The number of anilines is 2. The second-order valence-electron chi connectivity index (χ2n) is 5.24. The lowest BCUT2D eigenvalue weighted by Gasteiger charge is -2.21. The van der Waals surface area contributed by atoms with Crippen molar-refractivity contribution in [2.24, 2.45) is 0 Å². The fourth-order valence-corrected chi connectivity index (χ4v) is 2.79. The van der Waals surface area contributed by atoms with Crippen molar-refractivity contribution >= 4 is 11.4 Å². The Labute approximate surface area is 101 Å². The van der Waals surface area contributed by atoms with Gasteiger partial charge in [-0.1, -0.05) is 26.0 Å². The maximum Gasteiger partial charge on any atom is 0.0320 e. The fraction of sp³-hybridized carbons (Fsp3) is 0.200. The van der Waals surface area contributed by atoms with Gasteiger partial charge in [0.1, 0.15) is 0 Å². The predicted molar refractivity (Wildman–Crippen MR) is 72.8 cm³/mol. The molecule has 3 rings (SSSR count). The highest BCUT2D eigenvalue weighted by atomic mass is 14.6. The summed E-state index contributed by atoms with van der Waals surface area (Å²) in [5.74, 6) is 0. The molecule has 0 saturated heterocycles. The van der Waals surface area contributed by atoms with Crippen molar-refractivity contribution < 1.29 is 0 Å². The molecule has 0 heterocycles. The van der Waals surface area contributed by atoms with Crippen LogP contribution < -0.4 is 11.5 Å². The summed E-state index contributed by atoms with van der Waals surface area (Å²) in [5, 5.41) is 0. The Morgan fingerprint density at radius 1 is 0.765 bits per heavy atom. The lowest BCUT2D eigenvalue weighted by molar-refractivity contribution is 0.661. The molecule has 2 aromatic rings. The molecule has 2 nitrogen and oxygen atoms in total. The third kappa shape index (κ3) is 1.27. The molecule has 0 spiro atoms. The molecule has 0 bridgehead atoms. The van der Waals surface area contributed by atoms with Gasteiger partial charge in [0.15, 0.2) is 0 Å². The average molecular weight is 224 g/mol. The zero-order valence-electron chi connectivity index (χ0n) is 10.1. The second-order valence-corrected chi connectivity index (χ2v) is 5.24. The van der Waals surface area contributed by atoms with E-state index in [0.717, 1.165) is 11.4 Å². The minimum Gasteiger partial charge on any atom is -0.399 e. The van der Waals surface area contributed by atoms with Crippen molar-refractivity contribution in [1.29, 1.82) is 0 Å². The van der Waals surface area contributed by atoms with E-state index in [1.54, 1.807) is 0 Å². The Balaban J connectivity index is 2.38. The van der Waals surface area contributed by atoms with E-state index >= 15 is 0 Å². The van der Waals surface area contributed by atoms with Gasteiger partial charge in [-0.2, -0.15) is 0 Å². The van der Waals surface area contributed by atoms with Crippen LogP contribution in [0.25, 0.3) is 11.1 Å². The van der Waals surface area contributed by atoms with E-state index in [0.29, 0.717) is 0 Å². The molecule has 0 unspecified atom stereocenters. The van der Waals surface area contributed by atoms with Crippen LogP contribution in [0.15, 0.2) is 36.4 Å². The van der Waals surface area contributed by atoms with Crippen LogP contribution in [0.5, 0.6) is 0 Å². The molecule has 1 aliphatic rings. The minimum absolute atomic E-state index is 0.00769. The van der Waals surface area contributed by atoms with Crippen LogP contribution >= 0.6 is 0 Å². The molecule has 0 fully saturated rings. The van der Waals surface area contributed by atoms with E-state index in [-0.39, 0.29) is 5.41 Å². The van der Waals surface area contributed by atoms with E-state index < -0.39 is 0 Å². The molecular weight excluding hydrogens is 208 g/mol. The van der Waals surface area contributed by atoms with E-state index in [2.05, 4.69) is 38.1 Å². The Bertz CT molecular complexity index is 612. The number of nitrogens with two attached hydrogens (primary N) is 2. The normalized spacial score (nSPS) is 15.4. The van der Waals surface area contributed by atoms with Gasteiger partial charge in [0.25, 0.3) is 0 Å². The number of fused-ring (bicyclic) bond motifs is 3. The van der Waals surface area contributed by atoms with Crippen LogP contribution in [0.3, 0.4) is 0 Å². The van der Waals surface area contributed by atoms with Crippen LogP contribution in [0.1, 0.15) is 25.0 Å². The highest BCUT2D eigenvalue weighted by Gasteiger charge is 2.35. The Kier molecular flexibility index (Phi) is 1.82. The van der Waals surface area contributed by atoms with Crippen molar-refractivity contribution in [2.75, 3.05) is 11.5 Å². The predicted octanol–water partition coefficient (Wildman–Crippen LogP) is 3.16. The van der Waals surface area contributed by atoms with Gasteiger partial charge in [-0.15, -0.1) is 0 Å². The Hall–Kier alpha value is -1.96. The van der Waals surface area contributed by atoms with Gasteiger partial charge in [0.2, 0.25) is 0 Å². The van der Waals surface area contributed by atoms with Crippen molar-refractivity contribution in [3.8, 4) is 11.1 Å². The number of hydrogen-bond donors (Lipinski definition) is 2. The first-order valence-corrected chi connectivity index (χ1v) is 5.80. The highest BCUT2D eigenvalue weighted by molar-refractivity contribution is 5.83. The molecule has 4 N–H and O–H groups in total. The molecule has 0 atom stereocenters. The summed E-state index contributed by atoms with van der Waals surface area (Å²) in [6.07, 6.45) is 0. The van der Waals surface area contributed by atoms with Crippen molar-refractivity contribution in [3.05, 3.63) is 47.5 Å². The summed E-state index contributed by atoms with van der Waals surface area (Å²) < 4.78 is 0. The fourth-order valence-electron chi connectivity index (χ4n) is 2.79. The largest absolute Gasteiger partial charge is 0.399 e. The van der Waals surface area contributed by atoms with Gasteiger partial charge in [-0.05, 0) is 46.5 Å². The molecule has 17 heavy (non-hydrogen) atoms. The van der Waals surface area contributed by atoms with Gasteiger partial charge in [0.05, 0.1) is 0 Å². The van der Waals surface area contributed by atoms with Crippen LogP contribution in [-0.2, 0) is 5.41 Å². The lowest BCUT2D eigenvalue weighted by Crippen LogP contribution is -2.15. The molecule has 0 amide bonds. The number of hydrogen-bond acceptors (Lipinski definition) is 2. The van der Waals surface area contributed by atoms with E-state index in [1.165, 1.54) is 22.3 Å². The molecule has 0 aliphatic heterocycles. The Morgan fingerprint density at radius 3 is 2.18 bits per heavy atom. The zero-order valence-corrected chi connectivity index (χ0v) is 10.1. The first-order valence-electron chi connectivity index (χ1n) is 5.80. The molecular formula is C15H16N2. The summed E-state index contributed by atoms with van der Waals surface area (Å²) in [6.45, 7) is 4.46. The third-order valence-electron chi connectivity index (χ3n) is 3.72. The van der Waals surface area contributed by atoms with Gasteiger partial charge in [-0.25, -0.2) is 0 Å². The van der Waals surface area contributed by atoms with Gasteiger partial charge >= 0.3 is 0 Å².